The number of methoxy groups -OCH3 is 2. The molecule has 0 saturated heterocycles. The molecule has 23 heavy (non-hydrogen) atoms. The van der Waals surface area contributed by atoms with Gasteiger partial charge >= 0.3 is 0 Å². The molecule has 1 aromatic carbocycles. The Hall–Kier alpha value is -1.99. The Morgan fingerprint density at radius 2 is 2.04 bits per heavy atom. The van der Waals surface area contributed by atoms with Crippen molar-refractivity contribution in [1.82, 2.24) is 14.9 Å². The van der Waals surface area contributed by atoms with Gasteiger partial charge < -0.3 is 24.7 Å². The molecule has 2 aromatic rings. The van der Waals surface area contributed by atoms with Gasteiger partial charge in [0.05, 0.1) is 20.5 Å². The summed E-state index contributed by atoms with van der Waals surface area (Å²) in [6, 6.07) is 5.57. The van der Waals surface area contributed by atoms with E-state index >= 15 is 0 Å². The molecule has 0 aliphatic heterocycles. The van der Waals surface area contributed by atoms with Gasteiger partial charge in [0.25, 0.3) is 0 Å². The average molecular weight is 357 g/mol. The van der Waals surface area contributed by atoms with Gasteiger partial charge in [-0.25, -0.2) is 4.98 Å². The van der Waals surface area contributed by atoms with E-state index in [0.717, 1.165) is 25.2 Å². The Kier molecular flexibility index (Phi) is 8.21. The quantitative estimate of drug-likeness (QED) is 0.587. The lowest BCUT2D eigenvalue weighted by molar-refractivity contribution is 0.355. The van der Waals surface area contributed by atoms with E-state index in [2.05, 4.69) is 15.6 Å². The highest BCUT2D eigenvalue weighted by molar-refractivity contribution is 7.80. The van der Waals surface area contributed by atoms with Crippen LogP contribution in [0.2, 0.25) is 0 Å². The maximum absolute atomic E-state index is 5.28. The first kappa shape index (κ1) is 19.1. The maximum Gasteiger partial charge on any atom is 0.170 e. The summed E-state index contributed by atoms with van der Waals surface area (Å²) in [6.45, 7) is 1.70. The molecule has 0 radical (unpaired) electrons. The van der Waals surface area contributed by atoms with Gasteiger partial charge in [-0.1, -0.05) is 0 Å². The Morgan fingerprint density at radius 3 is 2.70 bits per heavy atom. The molecule has 1 aromatic heterocycles. The first-order valence-corrected chi connectivity index (χ1v) is 7.36. The number of anilines is 1. The van der Waals surface area contributed by atoms with Crippen molar-refractivity contribution < 1.29 is 9.47 Å². The van der Waals surface area contributed by atoms with Crippen LogP contribution >= 0.6 is 24.6 Å². The molecule has 126 valence electrons. The summed E-state index contributed by atoms with van der Waals surface area (Å²) in [6.07, 6.45) is 6.49. The zero-order chi connectivity index (χ0) is 15.8. The second-order valence-electron chi connectivity index (χ2n) is 4.60. The normalized spacial score (nSPS) is 9.65. The van der Waals surface area contributed by atoms with E-state index in [0.29, 0.717) is 16.6 Å². The molecule has 0 saturated carbocycles. The third kappa shape index (κ3) is 5.96. The Balaban J connectivity index is 0.00000264. The monoisotopic (exact) mass is 356 g/mol. The van der Waals surface area contributed by atoms with Crippen LogP contribution in [0.5, 0.6) is 11.5 Å². The molecule has 2 N–H and O–H groups in total. The molecule has 1 heterocycles. The molecule has 0 spiro atoms. The Morgan fingerprint density at radius 1 is 1.26 bits per heavy atom. The molecule has 6 nitrogen and oxygen atoms in total. The third-order valence-corrected chi connectivity index (χ3v) is 3.33. The summed E-state index contributed by atoms with van der Waals surface area (Å²) in [7, 11) is 3.21. The average Bonchev–Trinajstić information content (AvgIpc) is 3.04. The van der Waals surface area contributed by atoms with Crippen LogP contribution in [-0.4, -0.2) is 35.4 Å². The highest BCUT2D eigenvalue weighted by Gasteiger charge is 2.05. The summed E-state index contributed by atoms with van der Waals surface area (Å²) < 4.78 is 12.5. The van der Waals surface area contributed by atoms with Crippen LogP contribution in [0.15, 0.2) is 36.9 Å². The minimum Gasteiger partial charge on any atom is -0.493 e. The number of ether oxygens (including phenoxy) is 2. The molecule has 0 unspecified atom stereocenters. The van der Waals surface area contributed by atoms with Crippen molar-refractivity contribution in [2.75, 3.05) is 26.1 Å². The molecule has 0 fully saturated rings. The van der Waals surface area contributed by atoms with Crippen LogP contribution in [0.4, 0.5) is 5.69 Å². The summed E-state index contributed by atoms with van der Waals surface area (Å²) in [5.74, 6) is 1.35. The molecule has 8 heteroatoms. The number of thiocarbonyl (C=S) groups is 1. The smallest absolute Gasteiger partial charge is 0.170 e. The van der Waals surface area contributed by atoms with E-state index in [9.17, 15) is 0 Å². The molecule has 0 aliphatic rings. The molecule has 0 bridgehead atoms. The highest BCUT2D eigenvalue weighted by atomic mass is 35.5. The summed E-state index contributed by atoms with van der Waals surface area (Å²) in [5, 5.41) is 6.88. The number of nitrogens with zero attached hydrogens (tertiary/aromatic N) is 2. The number of imidazole rings is 1. The van der Waals surface area contributed by atoms with E-state index in [1.54, 1.807) is 26.7 Å². The summed E-state index contributed by atoms with van der Waals surface area (Å²) in [4.78, 5) is 4.00. The Bertz CT molecular complexity index is 608. The van der Waals surface area contributed by atoms with Crippen LogP contribution in [0.3, 0.4) is 0 Å². The van der Waals surface area contributed by atoms with Crippen LogP contribution in [0.25, 0.3) is 0 Å². The predicted octanol–water partition coefficient (Wildman–Crippen LogP) is 2.70. The number of rotatable bonds is 7. The topological polar surface area (TPSA) is 60.3 Å². The highest BCUT2D eigenvalue weighted by Crippen LogP contribution is 2.29. The van der Waals surface area contributed by atoms with Crippen molar-refractivity contribution in [3.63, 3.8) is 0 Å². The van der Waals surface area contributed by atoms with Crippen molar-refractivity contribution in [1.29, 1.82) is 0 Å². The van der Waals surface area contributed by atoms with Crippen LogP contribution in [0.1, 0.15) is 6.42 Å². The van der Waals surface area contributed by atoms with Gasteiger partial charge in [-0.3, -0.25) is 0 Å². The molecule has 0 aliphatic carbocycles. The third-order valence-electron chi connectivity index (χ3n) is 3.08. The number of aryl methyl sites for hydroxylation is 1. The number of halogens is 1. The first-order valence-electron chi connectivity index (χ1n) is 6.95. The summed E-state index contributed by atoms with van der Waals surface area (Å²) in [5.41, 5.74) is 0.852. The van der Waals surface area contributed by atoms with Crippen molar-refractivity contribution >= 4 is 35.4 Å². The van der Waals surface area contributed by atoms with Crippen molar-refractivity contribution in [3.8, 4) is 11.5 Å². The van der Waals surface area contributed by atoms with Gasteiger partial charge in [0, 0.05) is 37.2 Å². The lowest BCUT2D eigenvalue weighted by atomic mass is 10.3. The number of hydrogen-bond donors (Lipinski definition) is 2. The number of nitrogens with one attached hydrogen (secondary N) is 2. The standard InChI is InChI=1S/C15H20N4O2S.ClH/c1-20-13-5-4-12(10-14(13)21-2)18-15(22)17-6-3-8-19-9-7-16-11-19;/h4-5,7,9-11H,3,6,8H2,1-2H3,(H2,17,18,22);1H. The maximum atomic E-state index is 5.28. The first-order chi connectivity index (χ1) is 10.7. The minimum atomic E-state index is 0. The van der Waals surface area contributed by atoms with Gasteiger partial charge in [0.1, 0.15) is 0 Å². The number of hydrogen-bond acceptors (Lipinski definition) is 4. The van der Waals surface area contributed by atoms with Crippen molar-refractivity contribution in [2.24, 2.45) is 0 Å². The SMILES string of the molecule is COc1ccc(NC(=S)NCCCn2ccnc2)cc1OC.Cl. The molecular weight excluding hydrogens is 336 g/mol. The van der Waals surface area contributed by atoms with E-state index < -0.39 is 0 Å². The van der Waals surface area contributed by atoms with Gasteiger partial charge in [-0.05, 0) is 30.8 Å². The van der Waals surface area contributed by atoms with Gasteiger partial charge in [0.15, 0.2) is 16.6 Å². The van der Waals surface area contributed by atoms with Crippen LogP contribution in [0, 0.1) is 0 Å². The Labute approximate surface area is 147 Å². The van der Waals surface area contributed by atoms with E-state index in [4.69, 9.17) is 21.7 Å². The molecular formula is C15H21ClN4O2S. The second kappa shape index (κ2) is 9.91. The molecule has 2 rings (SSSR count). The number of benzene rings is 1. The van der Waals surface area contributed by atoms with Gasteiger partial charge in [-0.15, -0.1) is 12.4 Å². The van der Waals surface area contributed by atoms with Gasteiger partial charge in [-0.2, -0.15) is 0 Å². The lowest BCUT2D eigenvalue weighted by Gasteiger charge is -2.13. The summed E-state index contributed by atoms with van der Waals surface area (Å²) >= 11 is 5.28. The largest absolute Gasteiger partial charge is 0.493 e. The van der Waals surface area contributed by atoms with E-state index in [-0.39, 0.29) is 12.4 Å². The van der Waals surface area contributed by atoms with Gasteiger partial charge in [0.2, 0.25) is 0 Å². The van der Waals surface area contributed by atoms with Crippen molar-refractivity contribution in [3.05, 3.63) is 36.9 Å². The van der Waals surface area contributed by atoms with E-state index in [1.807, 2.05) is 29.0 Å². The van der Waals surface area contributed by atoms with Crippen LogP contribution in [-0.2, 0) is 6.54 Å². The zero-order valence-corrected chi connectivity index (χ0v) is 14.7. The predicted molar refractivity (Wildman–Crippen MR) is 97.9 cm³/mol. The second-order valence-corrected chi connectivity index (χ2v) is 5.01. The number of aromatic nitrogens is 2. The fraction of sp³-hybridized carbons (Fsp3) is 0.333. The zero-order valence-electron chi connectivity index (χ0n) is 13.1. The minimum absolute atomic E-state index is 0. The fourth-order valence-electron chi connectivity index (χ4n) is 1.97. The van der Waals surface area contributed by atoms with Crippen LogP contribution < -0.4 is 20.1 Å². The van der Waals surface area contributed by atoms with E-state index in [1.165, 1.54) is 0 Å². The molecule has 0 amide bonds. The molecule has 0 atom stereocenters. The fourth-order valence-corrected chi connectivity index (χ4v) is 2.19. The lowest BCUT2D eigenvalue weighted by Crippen LogP contribution is -2.29. The van der Waals surface area contributed by atoms with Crippen molar-refractivity contribution in [2.45, 2.75) is 13.0 Å².